The summed E-state index contributed by atoms with van der Waals surface area (Å²) in [7, 11) is 0. The van der Waals surface area contributed by atoms with Crippen LogP contribution in [0.3, 0.4) is 0 Å². The van der Waals surface area contributed by atoms with Crippen molar-refractivity contribution in [2.24, 2.45) is 11.7 Å². The van der Waals surface area contributed by atoms with E-state index in [0.29, 0.717) is 19.1 Å². The van der Waals surface area contributed by atoms with Gasteiger partial charge in [-0.2, -0.15) is 0 Å². The number of rotatable bonds is 11. The number of aliphatic hydroxyl groups is 1. The van der Waals surface area contributed by atoms with Crippen molar-refractivity contribution < 1.29 is 14.6 Å². The van der Waals surface area contributed by atoms with Gasteiger partial charge < -0.3 is 20.3 Å². The van der Waals surface area contributed by atoms with Crippen molar-refractivity contribution in [1.29, 1.82) is 0 Å². The summed E-state index contributed by atoms with van der Waals surface area (Å²) < 4.78 is 10.9. The van der Waals surface area contributed by atoms with Crippen molar-refractivity contribution in [2.75, 3.05) is 26.4 Å². The quantitative estimate of drug-likeness (QED) is 0.544. The summed E-state index contributed by atoms with van der Waals surface area (Å²) in [6, 6.07) is -0.101. The number of hydrogen-bond acceptors (Lipinski definition) is 4. The second-order valence-corrected chi connectivity index (χ2v) is 4.85. The fourth-order valence-corrected chi connectivity index (χ4v) is 1.61. The van der Waals surface area contributed by atoms with Crippen LogP contribution in [0.25, 0.3) is 0 Å². The highest BCUT2D eigenvalue weighted by Crippen LogP contribution is 2.08. The van der Waals surface area contributed by atoms with Crippen LogP contribution in [0.5, 0.6) is 0 Å². The Morgan fingerprint density at radius 1 is 1.18 bits per heavy atom. The maximum absolute atomic E-state index is 9.20. The van der Waals surface area contributed by atoms with Crippen LogP contribution in [0.4, 0.5) is 0 Å². The van der Waals surface area contributed by atoms with E-state index in [9.17, 15) is 5.11 Å². The molecule has 0 spiro atoms. The molecule has 2 unspecified atom stereocenters. The maximum Gasteiger partial charge on any atom is 0.0957 e. The molecule has 3 N–H and O–H groups in total. The van der Waals surface area contributed by atoms with Crippen molar-refractivity contribution in [2.45, 2.75) is 52.2 Å². The van der Waals surface area contributed by atoms with Crippen LogP contribution in [-0.4, -0.2) is 43.7 Å². The Balaban J connectivity index is 3.60. The van der Waals surface area contributed by atoms with E-state index in [1.807, 2.05) is 0 Å². The van der Waals surface area contributed by atoms with Crippen LogP contribution in [0.2, 0.25) is 0 Å². The van der Waals surface area contributed by atoms with Gasteiger partial charge in [-0.15, -0.1) is 0 Å². The molecule has 0 aliphatic heterocycles. The molecule has 0 aliphatic rings. The molecule has 0 saturated carbocycles. The maximum atomic E-state index is 9.20. The van der Waals surface area contributed by atoms with Crippen LogP contribution in [-0.2, 0) is 9.47 Å². The Morgan fingerprint density at radius 2 is 1.88 bits per heavy atom. The average molecular weight is 247 g/mol. The van der Waals surface area contributed by atoms with E-state index in [1.165, 1.54) is 0 Å². The molecule has 0 rings (SSSR count). The lowest BCUT2D eigenvalue weighted by molar-refractivity contribution is -0.0328. The van der Waals surface area contributed by atoms with E-state index in [2.05, 4.69) is 20.8 Å². The first-order valence-electron chi connectivity index (χ1n) is 6.67. The number of hydrogen-bond donors (Lipinski definition) is 2. The minimum atomic E-state index is -0.271. The number of nitrogens with two attached hydrogens (primary N) is 1. The summed E-state index contributed by atoms with van der Waals surface area (Å²) in [4.78, 5) is 0. The topological polar surface area (TPSA) is 64.7 Å². The van der Waals surface area contributed by atoms with Crippen molar-refractivity contribution in [3.05, 3.63) is 0 Å². The number of aliphatic hydroxyl groups excluding tert-OH is 1. The predicted octanol–water partition coefficient (Wildman–Crippen LogP) is 1.55. The van der Waals surface area contributed by atoms with Crippen molar-refractivity contribution >= 4 is 0 Å². The van der Waals surface area contributed by atoms with Gasteiger partial charge in [-0.1, -0.05) is 27.2 Å². The molecule has 0 aliphatic carbocycles. The van der Waals surface area contributed by atoms with Crippen molar-refractivity contribution in [3.8, 4) is 0 Å². The largest absolute Gasteiger partial charge is 0.394 e. The zero-order valence-corrected chi connectivity index (χ0v) is 11.5. The van der Waals surface area contributed by atoms with Gasteiger partial charge in [-0.05, 0) is 18.8 Å². The lowest BCUT2D eigenvalue weighted by atomic mass is 10.0. The second kappa shape index (κ2) is 11.0. The molecular formula is C13H29NO3. The zero-order valence-electron chi connectivity index (χ0n) is 11.5. The van der Waals surface area contributed by atoms with Crippen molar-refractivity contribution in [1.82, 2.24) is 0 Å². The van der Waals surface area contributed by atoms with Crippen LogP contribution in [0.1, 0.15) is 40.0 Å². The molecule has 4 heteroatoms. The fraction of sp³-hybridized carbons (Fsp3) is 1.00. The lowest BCUT2D eigenvalue weighted by Crippen LogP contribution is -2.41. The summed E-state index contributed by atoms with van der Waals surface area (Å²) in [5, 5.41) is 9.20. The molecule has 4 nitrogen and oxygen atoms in total. The first-order chi connectivity index (χ1) is 8.11. The van der Waals surface area contributed by atoms with Gasteiger partial charge in [0.1, 0.15) is 0 Å². The minimum Gasteiger partial charge on any atom is -0.394 e. The molecule has 0 fully saturated rings. The first-order valence-corrected chi connectivity index (χ1v) is 6.67. The second-order valence-electron chi connectivity index (χ2n) is 4.85. The highest BCUT2D eigenvalue weighted by molar-refractivity contribution is 4.74. The van der Waals surface area contributed by atoms with Gasteiger partial charge in [-0.25, -0.2) is 0 Å². The molecule has 0 aromatic carbocycles. The summed E-state index contributed by atoms with van der Waals surface area (Å²) in [6.45, 7) is 8.19. The Bertz CT molecular complexity index is 165. The van der Waals surface area contributed by atoms with Gasteiger partial charge in [0.2, 0.25) is 0 Å². The smallest absolute Gasteiger partial charge is 0.0957 e. The molecule has 0 aromatic heterocycles. The van der Waals surface area contributed by atoms with Crippen LogP contribution in [0, 0.1) is 5.92 Å². The van der Waals surface area contributed by atoms with Crippen molar-refractivity contribution in [3.63, 3.8) is 0 Å². The molecule has 2 atom stereocenters. The monoisotopic (exact) mass is 247 g/mol. The first kappa shape index (κ1) is 16.8. The highest BCUT2D eigenvalue weighted by atomic mass is 16.5. The molecule has 0 aromatic rings. The molecule has 0 saturated heterocycles. The third-order valence-electron chi connectivity index (χ3n) is 2.60. The summed E-state index contributed by atoms with van der Waals surface area (Å²) in [6.07, 6.45) is 2.81. The van der Waals surface area contributed by atoms with E-state index in [-0.39, 0.29) is 18.8 Å². The summed E-state index contributed by atoms with van der Waals surface area (Å²) in [5.41, 5.74) is 5.97. The van der Waals surface area contributed by atoms with Gasteiger partial charge in [0.05, 0.1) is 25.9 Å². The summed E-state index contributed by atoms with van der Waals surface area (Å²) in [5.74, 6) is 0.517. The molecule has 17 heavy (non-hydrogen) atoms. The van der Waals surface area contributed by atoms with E-state index >= 15 is 0 Å². The highest BCUT2D eigenvalue weighted by Gasteiger charge is 2.18. The van der Waals surface area contributed by atoms with Crippen LogP contribution >= 0.6 is 0 Å². The van der Waals surface area contributed by atoms with Gasteiger partial charge >= 0.3 is 0 Å². The van der Waals surface area contributed by atoms with Crippen LogP contribution < -0.4 is 5.73 Å². The average Bonchev–Trinajstić information content (AvgIpc) is 2.27. The Labute approximate surface area is 105 Å². The van der Waals surface area contributed by atoms with Gasteiger partial charge in [0.25, 0.3) is 0 Å². The SMILES string of the molecule is CCCCOCCOC(CO)C(N)CC(C)C. The molecule has 0 heterocycles. The normalized spacial score (nSPS) is 15.2. The molecule has 0 bridgehead atoms. The molecular weight excluding hydrogens is 218 g/mol. The Hall–Kier alpha value is -0.160. The third kappa shape index (κ3) is 9.53. The Morgan fingerprint density at radius 3 is 2.41 bits per heavy atom. The predicted molar refractivity (Wildman–Crippen MR) is 70.0 cm³/mol. The molecule has 104 valence electrons. The summed E-state index contributed by atoms with van der Waals surface area (Å²) >= 11 is 0. The minimum absolute atomic E-state index is 0.0250. The van der Waals surface area contributed by atoms with E-state index in [4.69, 9.17) is 15.2 Å². The van der Waals surface area contributed by atoms with E-state index in [0.717, 1.165) is 25.9 Å². The van der Waals surface area contributed by atoms with Gasteiger partial charge in [0.15, 0.2) is 0 Å². The standard InChI is InChI=1S/C13H29NO3/c1-4-5-6-16-7-8-17-13(10-15)12(14)9-11(2)3/h11-13,15H,4-10,14H2,1-3H3. The van der Waals surface area contributed by atoms with E-state index in [1.54, 1.807) is 0 Å². The fourth-order valence-electron chi connectivity index (χ4n) is 1.61. The lowest BCUT2D eigenvalue weighted by Gasteiger charge is -2.23. The number of ether oxygens (including phenoxy) is 2. The van der Waals surface area contributed by atoms with E-state index < -0.39 is 0 Å². The van der Waals surface area contributed by atoms with Gasteiger partial charge in [0, 0.05) is 12.6 Å². The van der Waals surface area contributed by atoms with Gasteiger partial charge in [-0.3, -0.25) is 0 Å². The zero-order chi connectivity index (χ0) is 13.1. The number of unbranched alkanes of at least 4 members (excludes halogenated alkanes) is 1. The molecule has 0 radical (unpaired) electrons. The third-order valence-corrected chi connectivity index (χ3v) is 2.60. The van der Waals surface area contributed by atoms with Crippen LogP contribution in [0.15, 0.2) is 0 Å². The Kier molecular flexibility index (Phi) is 10.9. The molecule has 0 amide bonds.